The molecule has 2 aromatic carbocycles. The number of esters is 1. The lowest BCUT2D eigenvalue weighted by Gasteiger charge is -2.39. The lowest BCUT2D eigenvalue weighted by molar-refractivity contribution is -0.192. The standard InChI is InChI=1S/C33H41ClF3N5O2.C2HF3O2/c1-5-44-31(43)28-20-38-42(30(28)33(35,36)37)26-7-6-14-41(21-26)29-19-24(34)10-13-27(29)23-8-11-25(12-9-23)40-17-15-39(16-18-40)22-32(2,3)4;3-2(4,5)1(6)7/h8-13,19-20,26H,5-7,14-18,21-22H2,1-4H3;(H,6,7). The molecule has 2 fully saturated rings. The van der Waals surface area contributed by atoms with Gasteiger partial charge < -0.3 is 19.6 Å². The van der Waals surface area contributed by atoms with Crippen molar-refractivity contribution in [3.63, 3.8) is 0 Å². The highest BCUT2D eigenvalue weighted by molar-refractivity contribution is 6.31. The van der Waals surface area contributed by atoms with Crippen LogP contribution >= 0.6 is 11.6 Å². The van der Waals surface area contributed by atoms with Gasteiger partial charge in [-0.05, 0) is 55.0 Å². The first-order valence-electron chi connectivity index (χ1n) is 16.5. The number of benzene rings is 2. The number of alkyl halides is 6. The highest BCUT2D eigenvalue weighted by Gasteiger charge is 2.43. The van der Waals surface area contributed by atoms with Crippen molar-refractivity contribution in [2.24, 2.45) is 5.41 Å². The molecule has 0 aliphatic carbocycles. The molecule has 5 rings (SSSR count). The number of aromatic nitrogens is 2. The first-order valence-corrected chi connectivity index (χ1v) is 16.9. The molecule has 3 aromatic rings. The SMILES string of the molecule is CCOC(=O)c1cnn(C2CCCN(c3cc(Cl)ccc3-c3ccc(N4CCN(CC(C)(C)C)CC4)cc3)C2)c1C(F)(F)F.O=C(O)C(F)(F)F. The van der Waals surface area contributed by atoms with Crippen molar-refractivity contribution in [2.45, 2.75) is 58.9 Å². The van der Waals surface area contributed by atoms with Gasteiger partial charge in [-0.15, -0.1) is 0 Å². The lowest BCUT2D eigenvalue weighted by Crippen LogP contribution is -2.48. The molecular weight excluding hydrogens is 704 g/mol. The molecule has 9 nitrogen and oxygen atoms in total. The number of piperazine rings is 1. The summed E-state index contributed by atoms with van der Waals surface area (Å²) in [4.78, 5) is 28.2. The van der Waals surface area contributed by atoms with Gasteiger partial charge in [-0.3, -0.25) is 9.58 Å². The minimum absolute atomic E-state index is 0.0227. The van der Waals surface area contributed by atoms with Crippen LogP contribution in [0.3, 0.4) is 0 Å². The fourth-order valence-corrected chi connectivity index (χ4v) is 6.52. The zero-order valence-electron chi connectivity index (χ0n) is 28.8. The summed E-state index contributed by atoms with van der Waals surface area (Å²) in [6.45, 7) is 14.4. The third kappa shape index (κ3) is 10.5. The number of carbonyl (C=O) groups excluding carboxylic acids is 1. The number of hydrogen-bond donors (Lipinski definition) is 1. The smallest absolute Gasteiger partial charge is 0.475 e. The maximum atomic E-state index is 14.2. The molecule has 0 amide bonds. The molecule has 0 bridgehead atoms. The number of hydrogen-bond acceptors (Lipinski definition) is 7. The minimum atomic E-state index is -5.08. The normalized spacial score (nSPS) is 17.5. The fourth-order valence-electron chi connectivity index (χ4n) is 6.35. The molecule has 1 aromatic heterocycles. The molecule has 51 heavy (non-hydrogen) atoms. The predicted molar refractivity (Wildman–Crippen MR) is 182 cm³/mol. The summed E-state index contributed by atoms with van der Waals surface area (Å²) in [6.07, 6.45) is -7.72. The molecule has 16 heteroatoms. The van der Waals surface area contributed by atoms with Crippen molar-refractivity contribution >= 4 is 34.9 Å². The molecule has 2 saturated heterocycles. The Morgan fingerprint density at radius 1 is 0.941 bits per heavy atom. The molecule has 0 spiro atoms. The molecule has 1 unspecified atom stereocenters. The number of anilines is 2. The van der Waals surface area contributed by atoms with E-state index in [2.05, 4.69) is 64.8 Å². The second kappa shape index (κ2) is 16.1. The van der Waals surface area contributed by atoms with E-state index in [4.69, 9.17) is 26.2 Å². The third-order valence-corrected chi connectivity index (χ3v) is 8.69. The average Bonchev–Trinajstić information content (AvgIpc) is 3.51. The van der Waals surface area contributed by atoms with Gasteiger partial charge in [0, 0.05) is 67.8 Å². The fraction of sp³-hybridized carbons (Fsp3) is 0.514. The van der Waals surface area contributed by atoms with Gasteiger partial charge in [0.25, 0.3) is 0 Å². The quantitative estimate of drug-likeness (QED) is 0.192. The number of ether oxygens (including phenoxy) is 1. The zero-order chi connectivity index (χ0) is 37.7. The van der Waals surface area contributed by atoms with E-state index in [-0.39, 0.29) is 18.6 Å². The first kappa shape index (κ1) is 39.8. The Hall–Kier alpha value is -3.98. The predicted octanol–water partition coefficient (Wildman–Crippen LogP) is 8.04. The molecule has 1 atom stereocenters. The number of piperidine rings is 1. The Morgan fingerprint density at radius 2 is 1.57 bits per heavy atom. The van der Waals surface area contributed by atoms with Crippen LogP contribution in [0.4, 0.5) is 37.7 Å². The molecule has 0 saturated carbocycles. The van der Waals surface area contributed by atoms with Crippen molar-refractivity contribution in [2.75, 3.05) is 62.2 Å². The van der Waals surface area contributed by atoms with E-state index in [1.54, 1.807) is 6.92 Å². The zero-order valence-corrected chi connectivity index (χ0v) is 29.6. The molecule has 2 aliphatic rings. The largest absolute Gasteiger partial charge is 0.490 e. The summed E-state index contributed by atoms with van der Waals surface area (Å²) in [7, 11) is 0. The van der Waals surface area contributed by atoms with Crippen LogP contribution in [0, 0.1) is 5.41 Å². The van der Waals surface area contributed by atoms with Crippen LogP contribution in [0.5, 0.6) is 0 Å². The Balaban J connectivity index is 0.000000755. The van der Waals surface area contributed by atoms with Crippen LogP contribution in [-0.4, -0.2) is 90.3 Å². The van der Waals surface area contributed by atoms with Crippen LogP contribution in [-0.2, 0) is 15.7 Å². The maximum absolute atomic E-state index is 14.2. The summed E-state index contributed by atoms with van der Waals surface area (Å²) in [5, 5.41) is 11.7. The van der Waals surface area contributed by atoms with Crippen molar-refractivity contribution in [1.82, 2.24) is 14.7 Å². The molecule has 280 valence electrons. The number of carboxylic acid groups (broad SMARTS) is 1. The van der Waals surface area contributed by atoms with E-state index in [0.717, 1.165) is 60.4 Å². The monoisotopic (exact) mass is 745 g/mol. The third-order valence-electron chi connectivity index (χ3n) is 8.46. The van der Waals surface area contributed by atoms with E-state index < -0.39 is 41.6 Å². The minimum Gasteiger partial charge on any atom is -0.475 e. The highest BCUT2D eigenvalue weighted by Crippen LogP contribution is 2.40. The van der Waals surface area contributed by atoms with Gasteiger partial charge in [0.15, 0.2) is 5.69 Å². The van der Waals surface area contributed by atoms with Crippen LogP contribution < -0.4 is 9.80 Å². The number of carboxylic acids is 1. The van der Waals surface area contributed by atoms with E-state index >= 15 is 0 Å². The molecule has 0 radical (unpaired) electrons. The van der Waals surface area contributed by atoms with Crippen molar-refractivity contribution in [1.29, 1.82) is 0 Å². The number of nitrogens with zero attached hydrogens (tertiary/aromatic N) is 5. The van der Waals surface area contributed by atoms with Crippen molar-refractivity contribution in [3.05, 3.63) is 64.9 Å². The van der Waals surface area contributed by atoms with Crippen LogP contribution in [0.2, 0.25) is 5.02 Å². The van der Waals surface area contributed by atoms with Gasteiger partial charge >= 0.3 is 24.3 Å². The summed E-state index contributed by atoms with van der Waals surface area (Å²) in [6, 6.07) is 13.6. The lowest BCUT2D eigenvalue weighted by atomic mass is 9.95. The number of halogens is 7. The van der Waals surface area contributed by atoms with Crippen molar-refractivity contribution in [3.8, 4) is 11.1 Å². The second-order valence-electron chi connectivity index (χ2n) is 13.6. The van der Waals surface area contributed by atoms with E-state index in [1.807, 2.05) is 18.2 Å². The van der Waals surface area contributed by atoms with Crippen molar-refractivity contribution < 1.29 is 45.8 Å². The van der Waals surface area contributed by atoms with Gasteiger partial charge in [0.2, 0.25) is 0 Å². The molecule has 1 N–H and O–H groups in total. The van der Waals surface area contributed by atoms with Gasteiger partial charge in [0.1, 0.15) is 5.56 Å². The van der Waals surface area contributed by atoms with Gasteiger partial charge in [0.05, 0.1) is 18.8 Å². The highest BCUT2D eigenvalue weighted by atomic mass is 35.5. The topological polar surface area (TPSA) is 91.1 Å². The van der Waals surface area contributed by atoms with Gasteiger partial charge in [-0.2, -0.15) is 31.4 Å². The Kier molecular flexibility index (Phi) is 12.6. The van der Waals surface area contributed by atoms with E-state index in [9.17, 15) is 31.1 Å². The summed E-state index contributed by atoms with van der Waals surface area (Å²) in [5.41, 5.74) is 2.65. The van der Waals surface area contributed by atoms with Crippen LogP contribution in [0.15, 0.2) is 48.7 Å². The summed E-state index contributed by atoms with van der Waals surface area (Å²) in [5.74, 6) is -3.78. The first-order chi connectivity index (χ1) is 23.8. The Bertz CT molecular complexity index is 1650. The molecule has 2 aliphatic heterocycles. The Morgan fingerprint density at radius 3 is 2.12 bits per heavy atom. The van der Waals surface area contributed by atoms with Gasteiger partial charge in [-0.1, -0.05) is 50.6 Å². The number of rotatable bonds is 7. The average molecular weight is 746 g/mol. The number of aliphatic carboxylic acids is 1. The molecule has 3 heterocycles. The number of carbonyl (C=O) groups is 2. The summed E-state index contributed by atoms with van der Waals surface area (Å²) < 4.78 is 80.2. The van der Waals surface area contributed by atoms with Crippen LogP contribution in [0.1, 0.15) is 62.6 Å². The summed E-state index contributed by atoms with van der Waals surface area (Å²) >= 11 is 6.45. The maximum Gasteiger partial charge on any atom is 0.490 e. The Labute approximate surface area is 297 Å². The van der Waals surface area contributed by atoms with E-state index in [0.29, 0.717) is 24.4 Å². The van der Waals surface area contributed by atoms with E-state index in [1.165, 1.54) is 5.69 Å². The van der Waals surface area contributed by atoms with Gasteiger partial charge in [-0.25, -0.2) is 9.59 Å². The molecular formula is C35H42ClF6N5O4. The second-order valence-corrected chi connectivity index (χ2v) is 14.1. The van der Waals surface area contributed by atoms with Crippen LogP contribution in [0.25, 0.3) is 11.1 Å².